The lowest BCUT2D eigenvalue weighted by Crippen LogP contribution is -2.16. The number of nitrogens with one attached hydrogen (secondary N) is 1. The van der Waals surface area contributed by atoms with Gasteiger partial charge in [-0.2, -0.15) is 13.2 Å². The number of hydrogen-bond acceptors (Lipinski definition) is 2. The van der Waals surface area contributed by atoms with Crippen LogP contribution < -0.4 is 10.1 Å². The minimum atomic E-state index is -4.82. The first-order chi connectivity index (χ1) is 11.7. The summed E-state index contributed by atoms with van der Waals surface area (Å²) >= 11 is 0. The molecule has 0 fully saturated rings. The lowest BCUT2D eigenvalue weighted by atomic mass is 9.96. The maximum absolute atomic E-state index is 13.3. The van der Waals surface area contributed by atoms with Crippen LogP contribution in [0.2, 0.25) is 0 Å². The molecule has 1 amide bonds. The Balaban J connectivity index is 2.10. The van der Waals surface area contributed by atoms with Crippen LogP contribution in [0.3, 0.4) is 0 Å². The SMILES string of the molecule is COc1ccccc1C(C)CC(=O)Nc1ccc(F)c(C(F)(F)F)c1. The number of hydrogen-bond donors (Lipinski definition) is 1. The van der Waals surface area contributed by atoms with Crippen molar-refractivity contribution < 1.29 is 27.1 Å². The van der Waals surface area contributed by atoms with E-state index in [1.165, 1.54) is 7.11 Å². The highest BCUT2D eigenvalue weighted by atomic mass is 19.4. The molecule has 0 spiro atoms. The highest BCUT2D eigenvalue weighted by Crippen LogP contribution is 2.33. The third kappa shape index (κ3) is 4.71. The van der Waals surface area contributed by atoms with Crippen LogP contribution in [0.5, 0.6) is 5.75 Å². The van der Waals surface area contributed by atoms with E-state index in [0.717, 1.165) is 11.6 Å². The van der Waals surface area contributed by atoms with Crippen LogP contribution in [0, 0.1) is 5.82 Å². The van der Waals surface area contributed by atoms with Crippen LogP contribution in [0.15, 0.2) is 42.5 Å². The number of methoxy groups -OCH3 is 1. The first-order valence-electron chi connectivity index (χ1n) is 7.52. The molecule has 0 aliphatic carbocycles. The zero-order valence-corrected chi connectivity index (χ0v) is 13.7. The summed E-state index contributed by atoms with van der Waals surface area (Å²) in [5.74, 6) is -1.44. The fourth-order valence-corrected chi connectivity index (χ4v) is 2.49. The molecule has 3 nitrogen and oxygen atoms in total. The molecule has 0 saturated carbocycles. The van der Waals surface area contributed by atoms with E-state index in [1.54, 1.807) is 12.1 Å². The maximum Gasteiger partial charge on any atom is 0.419 e. The van der Waals surface area contributed by atoms with E-state index in [2.05, 4.69) is 5.32 Å². The Kier molecular flexibility index (Phi) is 5.66. The second-order valence-corrected chi connectivity index (χ2v) is 5.59. The molecule has 134 valence electrons. The molecule has 0 aromatic heterocycles. The number of benzene rings is 2. The van der Waals surface area contributed by atoms with Gasteiger partial charge in [-0.25, -0.2) is 4.39 Å². The molecule has 0 saturated heterocycles. The topological polar surface area (TPSA) is 38.3 Å². The fourth-order valence-electron chi connectivity index (χ4n) is 2.49. The maximum atomic E-state index is 13.3. The van der Waals surface area contributed by atoms with Gasteiger partial charge in [-0.05, 0) is 35.7 Å². The number of carbonyl (C=O) groups is 1. The molecule has 0 aliphatic heterocycles. The highest BCUT2D eigenvalue weighted by molar-refractivity contribution is 5.91. The number of rotatable bonds is 5. The molecule has 0 radical (unpaired) electrons. The molecule has 1 unspecified atom stereocenters. The second-order valence-electron chi connectivity index (χ2n) is 5.59. The fraction of sp³-hybridized carbons (Fsp3) is 0.278. The molecule has 0 heterocycles. The van der Waals surface area contributed by atoms with Crippen molar-refractivity contribution in [2.75, 3.05) is 12.4 Å². The lowest BCUT2D eigenvalue weighted by molar-refractivity contribution is -0.140. The van der Waals surface area contributed by atoms with Crippen molar-refractivity contribution in [1.29, 1.82) is 0 Å². The number of amides is 1. The summed E-state index contributed by atoms with van der Waals surface area (Å²) in [5, 5.41) is 2.37. The number of carbonyl (C=O) groups excluding carboxylic acids is 1. The molecule has 0 aliphatic rings. The second kappa shape index (κ2) is 7.55. The summed E-state index contributed by atoms with van der Waals surface area (Å²) in [4.78, 5) is 12.1. The summed E-state index contributed by atoms with van der Waals surface area (Å²) in [6.07, 6.45) is -4.78. The standard InChI is InChI=1S/C18H17F4NO2/c1-11(13-5-3-4-6-16(13)25-2)9-17(24)23-12-7-8-15(19)14(10-12)18(20,21)22/h3-8,10-11H,9H2,1-2H3,(H,23,24). The smallest absolute Gasteiger partial charge is 0.419 e. The third-order valence-electron chi connectivity index (χ3n) is 3.72. The van der Waals surface area contributed by atoms with Gasteiger partial charge in [-0.3, -0.25) is 4.79 Å². The average Bonchev–Trinajstić information content (AvgIpc) is 2.55. The van der Waals surface area contributed by atoms with Gasteiger partial charge in [0.1, 0.15) is 11.6 Å². The molecule has 1 N–H and O–H groups in total. The van der Waals surface area contributed by atoms with E-state index >= 15 is 0 Å². The summed E-state index contributed by atoms with van der Waals surface area (Å²) < 4.78 is 56.6. The minimum Gasteiger partial charge on any atom is -0.496 e. The Labute approximate surface area is 142 Å². The van der Waals surface area contributed by atoms with E-state index in [4.69, 9.17) is 4.74 Å². The molecule has 1 atom stereocenters. The summed E-state index contributed by atoms with van der Waals surface area (Å²) in [7, 11) is 1.52. The largest absolute Gasteiger partial charge is 0.496 e. The van der Waals surface area contributed by atoms with E-state index in [-0.39, 0.29) is 18.0 Å². The van der Waals surface area contributed by atoms with Crippen molar-refractivity contribution in [2.45, 2.75) is 25.4 Å². The van der Waals surface area contributed by atoms with Crippen LogP contribution >= 0.6 is 0 Å². The first kappa shape index (κ1) is 18.8. The van der Waals surface area contributed by atoms with Crippen molar-refractivity contribution in [3.63, 3.8) is 0 Å². The van der Waals surface area contributed by atoms with Crippen LogP contribution in [0.25, 0.3) is 0 Å². The predicted octanol–water partition coefficient (Wildman–Crippen LogP) is 4.99. The molecular weight excluding hydrogens is 338 g/mol. The van der Waals surface area contributed by atoms with Crippen molar-refractivity contribution in [3.05, 3.63) is 59.4 Å². The quantitative estimate of drug-likeness (QED) is 0.768. The van der Waals surface area contributed by atoms with Crippen molar-refractivity contribution >= 4 is 11.6 Å². The molecule has 2 rings (SSSR count). The van der Waals surface area contributed by atoms with E-state index in [0.29, 0.717) is 17.9 Å². The van der Waals surface area contributed by atoms with Gasteiger partial charge in [0.05, 0.1) is 12.7 Å². The average molecular weight is 355 g/mol. The first-order valence-corrected chi connectivity index (χ1v) is 7.52. The van der Waals surface area contributed by atoms with Crippen LogP contribution in [-0.4, -0.2) is 13.0 Å². The number of alkyl halides is 3. The molecule has 2 aromatic carbocycles. The van der Waals surface area contributed by atoms with Gasteiger partial charge in [0.25, 0.3) is 0 Å². The normalized spacial score (nSPS) is 12.6. The molecular formula is C18H17F4NO2. The van der Waals surface area contributed by atoms with Crippen molar-refractivity contribution in [3.8, 4) is 5.75 Å². The van der Waals surface area contributed by atoms with Gasteiger partial charge in [-0.15, -0.1) is 0 Å². The van der Waals surface area contributed by atoms with Crippen LogP contribution in [-0.2, 0) is 11.0 Å². The Morgan fingerprint density at radius 3 is 2.52 bits per heavy atom. The van der Waals surface area contributed by atoms with Gasteiger partial charge in [0, 0.05) is 12.1 Å². The predicted molar refractivity (Wildman–Crippen MR) is 86.1 cm³/mol. The molecule has 25 heavy (non-hydrogen) atoms. The lowest BCUT2D eigenvalue weighted by Gasteiger charge is -2.16. The van der Waals surface area contributed by atoms with Crippen LogP contribution in [0.1, 0.15) is 30.4 Å². The van der Waals surface area contributed by atoms with Gasteiger partial charge in [0.15, 0.2) is 0 Å². The zero-order chi connectivity index (χ0) is 18.6. The van der Waals surface area contributed by atoms with Gasteiger partial charge in [0.2, 0.25) is 5.91 Å². The van der Waals surface area contributed by atoms with Crippen LogP contribution in [0.4, 0.5) is 23.2 Å². The van der Waals surface area contributed by atoms with Crippen molar-refractivity contribution in [1.82, 2.24) is 0 Å². The minimum absolute atomic E-state index is 0.0408. The Morgan fingerprint density at radius 2 is 1.88 bits per heavy atom. The zero-order valence-electron chi connectivity index (χ0n) is 13.7. The van der Waals surface area contributed by atoms with Gasteiger partial charge < -0.3 is 10.1 Å². The van der Waals surface area contributed by atoms with Gasteiger partial charge >= 0.3 is 6.18 Å². The Hall–Kier alpha value is -2.57. The van der Waals surface area contributed by atoms with Crippen molar-refractivity contribution in [2.24, 2.45) is 0 Å². The summed E-state index contributed by atoms with van der Waals surface area (Å²) in [6, 6.07) is 9.54. The molecule has 2 aromatic rings. The number of anilines is 1. The summed E-state index contributed by atoms with van der Waals surface area (Å²) in [6.45, 7) is 1.81. The van der Waals surface area contributed by atoms with E-state index < -0.39 is 23.5 Å². The molecule has 0 bridgehead atoms. The summed E-state index contributed by atoms with van der Waals surface area (Å²) in [5.41, 5.74) is -0.704. The Bertz CT molecular complexity index is 759. The number of ether oxygens (including phenoxy) is 1. The number of para-hydroxylation sites is 1. The van der Waals surface area contributed by atoms with E-state index in [1.807, 2.05) is 19.1 Å². The highest BCUT2D eigenvalue weighted by Gasteiger charge is 2.34. The monoisotopic (exact) mass is 355 g/mol. The van der Waals surface area contributed by atoms with E-state index in [9.17, 15) is 22.4 Å². The number of halogens is 4. The molecule has 7 heteroatoms. The third-order valence-corrected chi connectivity index (χ3v) is 3.72. The Morgan fingerprint density at radius 1 is 1.20 bits per heavy atom. The van der Waals surface area contributed by atoms with Gasteiger partial charge in [-0.1, -0.05) is 25.1 Å².